The molecule has 1 unspecified atom stereocenters. The maximum atomic E-state index is 13.8. The molecule has 0 aliphatic heterocycles. The standard InChI is InChI=1S/C15H23FN2O/c1-14(2,3)7-10-6-11(13(16)18-9-10)12(17)8-15(19)4-5-15/h6,9,12,19H,4-5,7-8,17H2,1-3H3. The molecule has 0 spiro atoms. The summed E-state index contributed by atoms with van der Waals surface area (Å²) in [6.45, 7) is 6.38. The lowest BCUT2D eigenvalue weighted by Gasteiger charge is -2.20. The van der Waals surface area contributed by atoms with Crippen LogP contribution in [-0.2, 0) is 6.42 Å². The van der Waals surface area contributed by atoms with Gasteiger partial charge in [-0.15, -0.1) is 0 Å². The van der Waals surface area contributed by atoms with E-state index < -0.39 is 17.6 Å². The van der Waals surface area contributed by atoms with Gasteiger partial charge in [0.15, 0.2) is 0 Å². The van der Waals surface area contributed by atoms with Gasteiger partial charge in [-0.1, -0.05) is 20.8 Å². The Morgan fingerprint density at radius 1 is 1.47 bits per heavy atom. The van der Waals surface area contributed by atoms with Crippen molar-refractivity contribution in [2.24, 2.45) is 11.1 Å². The smallest absolute Gasteiger partial charge is 0.217 e. The lowest BCUT2D eigenvalue weighted by molar-refractivity contribution is 0.130. The number of nitrogens with two attached hydrogens (primary N) is 1. The van der Waals surface area contributed by atoms with Crippen LogP contribution >= 0.6 is 0 Å². The minimum atomic E-state index is -0.675. The first-order valence-electron chi connectivity index (χ1n) is 6.81. The van der Waals surface area contributed by atoms with Crippen molar-refractivity contribution in [3.8, 4) is 0 Å². The second kappa shape index (κ2) is 4.84. The van der Waals surface area contributed by atoms with Gasteiger partial charge in [0.1, 0.15) is 0 Å². The van der Waals surface area contributed by atoms with E-state index in [0.29, 0.717) is 12.0 Å². The summed E-state index contributed by atoms with van der Waals surface area (Å²) in [6.07, 6.45) is 4.33. The van der Waals surface area contributed by atoms with E-state index in [1.54, 1.807) is 12.3 Å². The molecular weight excluding hydrogens is 243 g/mol. The highest BCUT2D eigenvalue weighted by molar-refractivity contribution is 5.24. The van der Waals surface area contributed by atoms with Gasteiger partial charge in [0.25, 0.3) is 0 Å². The number of rotatable bonds is 4. The zero-order valence-electron chi connectivity index (χ0n) is 11.9. The van der Waals surface area contributed by atoms with E-state index in [4.69, 9.17) is 5.73 Å². The molecule has 0 bridgehead atoms. The molecule has 1 aromatic rings. The van der Waals surface area contributed by atoms with Crippen LogP contribution in [0.5, 0.6) is 0 Å². The zero-order chi connectivity index (χ0) is 14.3. The summed E-state index contributed by atoms with van der Waals surface area (Å²) in [4.78, 5) is 3.81. The van der Waals surface area contributed by atoms with Crippen LogP contribution in [0.3, 0.4) is 0 Å². The van der Waals surface area contributed by atoms with Gasteiger partial charge < -0.3 is 10.8 Å². The normalized spacial score (nSPS) is 19.3. The van der Waals surface area contributed by atoms with Crippen molar-refractivity contribution in [3.63, 3.8) is 0 Å². The molecule has 0 radical (unpaired) electrons. The average Bonchev–Trinajstić information content (AvgIpc) is 2.96. The summed E-state index contributed by atoms with van der Waals surface area (Å²) in [7, 11) is 0. The molecule has 106 valence electrons. The first kappa shape index (κ1) is 14.4. The zero-order valence-corrected chi connectivity index (χ0v) is 11.9. The first-order chi connectivity index (χ1) is 8.69. The molecule has 4 heteroatoms. The van der Waals surface area contributed by atoms with Gasteiger partial charge in [-0.2, -0.15) is 4.39 Å². The first-order valence-corrected chi connectivity index (χ1v) is 6.81. The Kier molecular flexibility index (Phi) is 3.67. The number of pyridine rings is 1. The predicted molar refractivity (Wildman–Crippen MR) is 73.1 cm³/mol. The van der Waals surface area contributed by atoms with Crippen LogP contribution in [0.2, 0.25) is 0 Å². The third kappa shape index (κ3) is 3.98. The summed E-state index contributed by atoms with van der Waals surface area (Å²) in [5.41, 5.74) is 6.87. The third-order valence-electron chi connectivity index (χ3n) is 3.48. The van der Waals surface area contributed by atoms with Gasteiger partial charge >= 0.3 is 0 Å². The molecule has 1 aromatic heterocycles. The van der Waals surface area contributed by atoms with Crippen LogP contribution in [0.15, 0.2) is 12.3 Å². The second-order valence-corrected chi connectivity index (χ2v) is 7.00. The van der Waals surface area contributed by atoms with E-state index in [1.165, 1.54) is 0 Å². The van der Waals surface area contributed by atoms with Crippen LogP contribution in [0.1, 0.15) is 57.2 Å². The number of aromatic nitrogens is 1. The van der Waals surface area contributed by atoms with E-state index in [9.17, 15) is 9.50 Å². The van der Waals surface area contributed by atoms with Gasteiger partial charge in [-0.3, -0.25) is 0 Å². The maximum absolute atomic E-state index is 13.8. The Hall–Kier alpha value is -1.00. The topological polar surface area (TPSA) is 59.1 Å². The molecule has 1 atom stereocenters. The molecule has 0 aromatic carbocycles. The van der Waals surface area contributed by atoms with Gasteiger partial charge in [0.05, 0.1) is 5.60 Å². The largest absolute Gasteiger partial charge is 0.390 e. The molecular formula is C15H23FN2O. The van der Waals surface area contributed by atoms with E-state index in [1.807, 2.05) is 0 Å². The van der Waals surface area contributed by atoms with Crippen molar-refractivity contribution in [3.05, 3.63) is 29.3 Å². The Morgan fingerprint density at radius 2 is 2.11 bits per heavy atom. The fraction of sp³-hybridized carbons (Fsp3) is 0.667. The number of hydrogen-bond acceptors (Lipinski definition) is 3. The monoisotopic (exact) mass is 266 g/mol. The number of aliphatic hydroxyl groups is 1. The van der Waals surface area contributed by atoms with Crippen molar-refractivity contribution in [2.75, 3.05) is 0 Å². The summed E-state index contributed by atoms with van der Waals surface area (Å²) in [5.74, 6) is -0.519. The maximum Gasteiger partial charge on any atom is 0.217 e. The molecule has 2 rings (SSSR count). The van der Waals surface area contributed by atoms with Crippen molar-refractivity contribution < 1.29 is 9.50 Å². The molecule has 1 fully saturated rings. The summed E-state index contributed by atoms with van der Waals surface area (Å²) in [6, 6.07) is 1.31. The van der Waals surface area contributed by atoms with Crippen LogP contribution in [-0.4, -0.2) is 15.7 Å². The van der Waals surface area contributed by atoms with Gasteiger partial charge in [-0.05, 0) is 42.7 Å². The molecule has 19 heavy (non-hydrogen) atoms. The number of nitrogens with zero attached hydrogens (tertiary/aromatic N) is 1. The summed E-state index contributed by atoms with van der Waals surface area (Å²) in [5, 5.41) is 9.88. The van der Waals surface area contributed by atoms with Crippen molar-refractivity contribution in [1.82, 2.24) is 4.98 Å². The molecule has 0 saturated heterocycles. The van der Waals surface area contributed by atoms with E-state index in [0.717, 1.165) is 24.8 Å². The summed E-state index contributed by atoms with van der Waals surface area (Å²) < 4.78 is 13.8. The van der Waals surface area contributed by atoms with Crippen LogP contribution in [0.4, 0.5) is 4.39 Å². The number of halogens is 1. The van der Waals surface area contributed by atoms with Crippen molar-refractivity contribution in [2.45, 2.75) is 58.1 Å². The van der Waals surface area contributed by atoms with E-state index >= 15 is 0 Å². The fourth-order valence-electron chi connectivity index (χ4n) is 2.35. The fourth-order valence-corrected chi connectivity index (χ4v) is 2.35. The van der Waals surface area contributed by atoms with E-state index in [-0.39, 0.29) is 5.41 Å². The van der Waals surface area contributed by atoms with Crippen LogP contribution < -0.4 is 5.73 Å². The van der Waals surface area contributed by atoms with Crippen molar-refractivity contribution in [1.29, 1.82) is 0 Å². The summed E-state index contributed by atoms with van der Waals surface area (Å²) >= 11 is 0. The second-order valence-electron chi connectivity index (χ2n) is 7.00. The van der Waals surface area contributed by atoms with Crippen molar-refractivity contribution >= 4 is 0 Å². The lowest BCUT2D eigenvalue weighted by Crippen LogP contribution is -2.21. The third-order valence-corrected chi connectivity index (χ3v) is 3.48. The highest BCUT2D eigenvalue weighted by atomic mass is 19.1. The number of hydrogen-bond donors (Lipinski definition) is 2. The van der Waals surface area contributed by atoms with Crippen LogP contribution in [0.25, 0.3) is 0 Å². The molecule has 0 amide bonds. The Balaban J connectivity index is 2.16. The Bertz CT molecular complexity index is 464. The molecule has 3 nitrogen and oxygen atoms in total. The molecule has 1 saturated carbocycles. The van der Waals surface area contributed by atoms with Gasteiger partial charge in [0, 0.05) is 17.8 Å². The Labute approximate surface area is 114 Å². The minimum absolute atomic E-state index is 0.121. The molecule has 1 aliphatic rings. The Morgan fingerprint density at radius 3 is 2.63 bits per heavy atom. The molecule has 1 aliphatic carbocycles. The van der Waals surface area contributed by atoms with E-state index in [2.05, 4.69) is 25.8 Å². The van der Waals surface area contributed by atoms with Crippen LogP contribution in [0, 0.1) is 11.4 Å². The lowest BCUT2D eigenvalue weighted by atomic mass is 9.88. The minimum Gasteiger partial charge on any atom is -0.390 e. The molecule has 3 N–H and O–H groups in total. The quantitative estimate of drug-likeness (QED) is 0.824. The average molecular weight is 266 g/mol. The highest BCUT2D eigenvalue weighted by Crippen LogP contribution is 2.42. The predicted octanol–water partition coefficient (Wildman–Crippen LogP) is 2.72. The highest BCUT2D eigenvalue weighted by Gasteiger charge is 2.42. The molecule has 1 heterocycles. The van der Waals surface area contributed by atoms with Gasteiger partial charge in [0.2, 0.25) is 5.95 Å². The SMILES string of the molecule is CC(C)(C)Cc1cnc(F)c(C(N)CC2(O)CC2)c1. The van der Waals surface area contributed by atoms with Gasteiger partial charge in [-0.25, -0.2) is 4.98 Å².